The average Bonchev–Trinajstić information content (AvgIpc) is 2.45. The fourth-order valence-corrected chi connectivity index (χ4v) is 2.37. The largest absolute Gasteiger partial charge is 0.382 e. The van der Waals surface area contributed by atoms with Gasteiger partial charge in [-0.05, 0) is 49.8 Å². The highest BCUT2D eigenvalue weighted by Gasteiger charge is 2.12. The van der Waals surface area contributed by atoms with Crippen molar-refractivity contribution < 1.29 is 4.74 Å². The lowest BCUT2D eigenvalue weighted by molar-refractivity contribution is 0.0247. The number of benzene rings is 1. The van der Waals surface area contributed by atoms with Crippen LogP contribution in [0.2, 0.25) is 0 Å². The Morgan fingerprint density at radius 1 is 1.22 bits per heavy atom. The van der Waals surface area contributed by atoms with Crippen LogP contribution in [0.15, 0.2) is 24.3 Å². The van der Waals surface area contributed by atoms with E-state index in [4.69, 9.17) is 4.74 Å². The van der Waals surface area contributed by atoms with Crippen molar-refractivity contribution in [2.45, 2.75) is 51.6 Å². The molecule has 1 N–H and O–H groups in total. The fraction of sp³-hybridized carbons (Fsp3) is 0.625. The van der Waals surface area contributed by atoms with Crippen LogP contribution < -0.4 is 5.32 Å². The average molecular weight is 247 g/mol. The first kappa shape index (κ1) is 13.4. The van der Waals surface area contributed by atoms with Crippen molar-refractivity contribution in [3.63, 3.8) is 0 Å². The van der Waals surface area contributed by atoms with Crippen LogP contribution in [0.1, 0.15) is 44.6 Å². The van der Waals surface area contributed by atoms with Crippen LogP contribution in [0.25, 0.3) is 0 Å². The summed E-state index contributed by atoms with van der Waals surface area (Å²) in [6, 6.07) is 8.85. The van der Waals surface area contributed by atoms with Gasteiger partial charge in [0.25, 0.3) is 0 Å². The number of ether oxygens (including phenoxy) is 1. The summed E-state index contributed by atoms with van der Waals surface area (Å²) in [6.45, 7) is 4.11. The lowest BCUT2D eigenvalue weighted by Gasteiger charge is -2.23. The first-order valence-corrected chi connectivity index (χ1v) is 7.33. The normalized spacial score (nSPS) is 19.7. The third-order valence-corrected chi connectivity index (χ3v) is 3.58. The first-order valence-electron chi connectivity index (χ1n) is 7.33. The van der Waals surface area contributed by atoms with Crippen molar-refractivity contribution in [3.05, 3.63) is 29.8 Å². The molecule has 1 aliphatic heterocycles. The van der Waals surface area contributed by atoms with E-state index in [-0.39, 0.29) is 0 Å². The van der Waals surface area contributed by atoms with Crippen LogP contribution in [0.4, 0.5) is 5.69 Å². The smallest absolute Gasteiger partial charge is 0.0747 e. The van der Waals surface area contributed by atoms with Crippen LogP contribution >= 0.6 is 0 Å². The van der Waals surface area contributed by atoms with Gasteiger partial charge in [0.05, 0.1) is 6.10 Å². The second-order valence-electron chi connectivity index (χ2n) is 5.17. The van der Waals surface area contributed by atoms with E-state index < -0.39 is 0 Å². The third kappa shape index (κ3) is 4.34. The zero-order valence-corrected chi connectivity index (χ0v) is 11.5. The second-order valence-corrected chi connectivity index (χ2v) is 5.17. The molecule has 0 spiro atoms. The number of aryl methyl sites for hydroxylation is 1. The highest BCUT2D eigenvalue weighted by Crippen LogP contribution is 2.15. The molecule has 1 unspecified atom stereocenters. The molecule has 1 heterocycles. The van der Waals surface area contributed by atoms with Crippen LogP contribution in [0, 0.1) is 0 Å². The molecule has 1 saturated heterocycles. The minimum Gasteiger partial charge on any atom is -0.382 e. The highest BCUT2D eigenvalue weighted by atomic mass is 16.5. The van der Waals surface area contributed by atoms with Crippen molar-refractivity contribution in [3.8, 4) is 0 Å². The van der Waals surface area contributed by atoms with Gasteiger partial charge in [0.2, 0.25) is 0 Å². The van der Waals surface area contributed by atoms with Crippen LogP contribution in [0.3, 0.4) is 0 Å². The molecule has 0 aromatic heterocycles. The van der Waals surface area contributed by atoms with Gasteiger partial charge in [-0.3, -0.25) is 0 Å². The van der Waals surface area contributed by atoms with Gasteiger partial charge in [0.1, 0.15) is 0 Å². The molecule has 1 fully saturated rings. The van der Waals surface area contributed by atoms with E-state index in [1.54, 1.807) is 0 Å². The van der Waals surface area contributed by atoms with Crippen LogP contribution in [-0.4, -0.2) is 19.3 Å². The Morgan fingerprint density at radius 3 is 2.72 bits per heavy atom. The third-order valence-electron chi connectivity index (χ3n) is 3.58. The van der Waals surface area contributed by atoms with Gasteiger partial charge in [-0.1, -0.05) is 25.5 Å². The van der Waals surface area contributed by atoms with E-state index in [0.29, 0.717) is 6.10 Å². The van der Waals surface area contributed by atoms with E-state index in [1.165, 1.54) is 49.8 Å². The topological polar surface area (TPSA) is 21.3 Å². The van der Waals surface area contributed by atoms with E-state index in [2.05, 4.69) is 36.5 Å². The monoisotopic (exact) mass is 247 g/mol. The Balaban J connectivity index is 1.75. The summed E-state index contributed by atoms with van der Waals surface area (Å²) in [4.78, 5) is 0. The SMILES string of the molecule is CCCCc1ccc(NCC2CCCCO2)cc1. The minimum atomic E-state index is 0.401. The van der Waals surface area contributed by atoms with Gasteiger partial charge in [-0.2, -0.15) is 0 Å². The Kier molecular flexibility index (Phi) is 5.53. The summed E-state index contributed by atoms with van der Waals surface area (Å²) >= 11 is 0. The molecular weight excluding hydrogens is 222 g/mol. The molecule has 100 valence electrons. The molecule has 0 aliphatic carbocycles. The highest BCUT2D eigenvalue weighted by molar-refractivity contribution is 5.44. The number of hydrogen-bond acceptors (Lipinski definition) is 2. The Morgan fingerprint density at radius 2 is 2.06 bits per heavy atom. The lowest BCUT2D eigenvalue weighted by Crippen LogP contribution is -2.26. The van der Waals surface area contributed by atoms with Gasteiger partial charge in [-0.15, -0.1) is 0 Å². The first-order chi connectivity index (χ1) is 8.88. The van der Waals surface area contributed by atoms with Gasteiger partial charge in [-0.25, -0.2) is 0 Å². The lowest BCUT2D eigenvalue weighted by atomic mass is 10.1. The van der Waals surface area contributed by atoms with Crippen LogP contribution in [-0.2, 0) is 11.2 Å². The summed E-state index contributed by atoms with van der Waals surface area (Å²) in [5.74, 6) is 0. The predicted molar refractivity (Wildman–Crippen MR) is 77.1 cm³/mol. The van der Waals surface area contributed by atoms with Crippen molar-refractivity contribution in [2.75, 3.05) is 18.5 Å². The maximum Gasteiger partial charge on any atom is 0.0747 e. The Hall–Kier alpha value is -1.02. The van der Waals surface area contributed by atoms with Gasteiger partial charge in [0, 0.05) is 18.8 Å². The number of hydrogen-bond donors (Lipinski definition) is 1. The zero-order valence-electron chi connectivity index (χ0n) is 11.5. The summed E-state index contributed by atoms with van der Waals surface area (Å²) in [6.07, 6.45) is 7.87. The molecule has 0 amide bonds. The summed E-state index contributed by atoms with van der Waals surface area (Å²) in [5, 5.41) is 3.47. The Labute approximate surface area is 111 Å². The molecule has 18 heavy (non-hydrogen) atoms. The molecule has 1 atom stereocenters. The van der Waals surface area contributed by atoms with Crippen molar-refractivity contribution >= 4 is 5.69 Å². The molecule has 0 saturated carbocycles. The summed E-state index contributed by atoms with van der Waals surface area (Å²) < 4.78 is 5.71. The molecule has 0 radical (unpaired) electrons. The predicted octanol–water partition coefficient (Wildman–Crippen LogP) is 4.01. The quantitative estimate of drug-likeness (QED) is 0.820. The van der Waals surface area contributed by atoms with Crippen molar-refractivity contribution in [1.82, 2.24) is 0 Å². The standard InChI is InChI=1S/C16H25NO/c1-2-3-6-14-8-10-15(11-9-14)17-13-16-7-4-5-12-18-16/h8-11,16-17H,2-7,12-13H2,1H3. The zero-order chi connectivity index (χ0) is 12.6. The van der Waals surface area contributed by atoms with Gasteiger partial charge < -0.3 is 10.1 Å². The minimum absolute atomic E-state index is 0.401. The second kappa shape index (κ2) is 7.42. The molecular formula is C16H25NO. The van der Waals surface area contributed by atoms with Crippen molar-refractivity contribution in [2.24, 2.45) is 0 Å². The summed E-state index contributed by atoms with van der Waals surface area (Å²) in [5.41, 5.74) is 2.65. The number of nitrogens with one attached hydrogen (secondary N) is 1. The van der Waals surface area contributed by atoms with E-state index in [1.807, 2.05) is 0 Å². The fourth-order valence-electron chi connectivity index (χ4n) is 2.37. The van der Waals surface area contributed by atoms with E-state index >= 15 is 0 Å². The number of rotatable bonds is 6. The molecule has 1 aromatic rings. The number of anilines is 1. The molecule has 2 rings (SSSR count). The van der Waals surface area contributed by atoms with E-state index in [9.17, 15) is 0 Å². The van der Waals surface area contributed by atoms with Gasteiger partial charge in [0.15, 0.2) is 0 Å². The maximum absolute atomic E-state index is 5.71. The molecule has 1 aliphatic rings. The van der Waals surface area contributed by atoms with E-state index in [0.717, 1.165) is 13.2 Å². The molecule has 1 aromatic carbocycles. The van der Waals surface area contributed by atoms with Crippen molar-refractivity contribution in [1.29, 1.82) is 0 Å². The molecule has 0 bridgehead atoms. The number of unbranched alkanes of at least 4 members (excludes halogenated alkanes) is 1. The van der Waals surface area contributed by atoms with Gasteiger partial charge >= 0.3 is 0 Å². The maximum atomic E-state index is 5.71. The van der Waals surface area contributed by atoms with Crippen LogP contribution in [0.5, 0.6) is 0 Å². The Bertz CT molecular complexity index is 327. The summed E-state index contributed by atoms with van der Waals surface area (Å²) in [7, 11) is 0. The molecule has 2 heteroatoms. The molecule has 2 nitrogen and oxygen atoms in total.